The molecule has 3 rings (SSSR count). The zero-order valence-electron chi connectivity index (χ0n) is 12.9. The van der Waals surface area contributed by atoms with Gasteiger partial charge in [0, 0.05) is 17.8 Å². The summed E-state index contributed by atoms with van der Waals surface area (Å²) in [5, 5.41) is 3.49. The Morgan fingerprint density at radius 2 is 1.81 bits per heavy atom. The first kappa shape index (κ1) is 14.1. The lowest BCUT2D eigenvalue weighted by Gasteiger charge is -2.18. The van der Waals surface area contributed by atoms with Gasteiger partial charge in [-0.05, 0) is 42.7 Å². The van der Waals surface area contributed by atoms with Crippen LogP contribution in [0.5, 0.6) is 0 Å². The summed E-state index contributed by atoms with van der Waals surface area (Å²) in [6.45, 7) is 5.27. The Hall–Kier alpha value is -1.90. The summed E-state index contributed by atoms with van der Waals surface area (Å²) in [6.07, 6.45) is 6.38. The largest absolute Gasteiger partial charge is 0.366 e. The second kappa shape index (κ2) is 6.25. The average molecular weight is 281 g/mol. The third-order valence-electron chi connectivity index (χ3n) is 4.23. The highest BCUT2D eigenvalue weighted by Gasteiger charge is 2.15. The predicted molar refractivity (Wildman–Crippen MR) is 86.5 cm³/mol. The normalized spacial score (nSPS) is 14.0. The molecule has 1 aliphatic rings. The van der Waals surface area contributed by atoms with Gasteiger partial charge in [-0.2, -0.15) is 0 Å². The minimum absolute atomic E-state index is 0.584. The first-order valence-corrected chi connectivity index (χ1v) is 7.89. The fraction of sp³-hybridized carbons (Fsp3) is 0.444. The molecule has 0 spiro atoms. The van der Waals surface area contributed by atoms with Crippen LogP contribution in [0.1, 0.15) is 55.0 Å². The van der Waals surface area contributed by atoms with Crippen molar-refractivity contribution in [2.24, 2.45) is 0 Å². The monoisotopic (exact) mass is 281 g/mol. The molecule has 0 unspecified atom stereocenters. The van der Waals surface area contributed by atoms with E-state index in [0.29, 0.717) is 5.92 Å². The van der Waals surface area contributed by atoms with Crippen molar-refractivity contribution in [3.8, 4) is 0 Å². The minimum atomic E-state index is 0.584. The van der Waals surface area contributed by atoms with Crippen LogP contribution in [0.15, 0.2) is 30.6 Å². The van der Waals surface area contributed by atoms with E-state index in [1.165, 1.54) is 35.2 Å². The second-order valence-corrected chi connectivity index (χ2v) is 6.10. The first-order chi connectivity index (χ1) is 10.2. The molecule has 0 bridgehead atoms. The van der Waals surface area contributed by atoms with E-state index in [1.54, 1.807) is 6.33 Å². The third-order valence-corrected chi connectivity index (χ3v) is 4.23. The van der Waals surface area contributed by atoms with E-state index in [2.05, 4.69) is 53.4 Å². The van der Waals surface area contributed by atoms with Crippen LogP contribution in [-0.4, -0.2) is 9.97 Å². The topological polar surface area (TPSA) is 37.8 Å². The van der Waals surface area contributed by atoms with Gasteiger partial charge in [-0.25, -0.2) is 9.97 Å². The molecule has 1 N–H and O–H groups in total. The van der Waals surface area contributed by atoms with Gasteiger partial charge in [0.05, 0.1) is 0 Å². The number of aromatic nitrogens is 2. The van der Waals surface area contributed by atoms with Gasteiger partial charge in [0.25, 0.3) is 0 Å². The molecular formula is C18H23N3. The highest BCUT2D eigenvalue weighted by Crippen LogP contribution is 2.24. The molecule has 0 saturated heterocycles. The minimum Gasteiger partial charge on any atom is -0.366 e. The Balaban J connectivity index is 1.70. The number of fused-ring (bicyclic) bond motifs is 1. The van der Waals surface area contributed by atoms with Gasteiger partial charge in [0.15, 0.2) is 0 Å². The predicted octanol–water partition coefficient (Wildman–Crippen LogP) is 4.09. The molecule has 3 nitrogen and oxygen atoms in total. The van der Waals surface area contributed by atoms with Gasteiger partial charge in [-0.3, -0.25) is 0 Å². The molecule has 0 atom stereocenters. The summed E-state index contributed by atoms with van der Waals surface area (Å²) < 4.78 is 0. The smallest absolute Gasteiger partial charge is 0.133 e. The van der Waals surface area contributed by atoms with Gasteiger partial charge in [-0.15, -0.1) is 0 Å². The fourth-order valence-electron chi connectivity index (χ4n) is 2.88. The molecule has 0 aliphatic heterocycles. The number of anilines is 1. The van der Waals surface area contributed by atoms with Gasteiger partial charge in [-0.1, -0.05) is 38.1 Å². The van der Waals surface area contributed by atoms with Crippen molar-refractivity contribution in [3.63, 3.8) is 0 Å². The van der Waals surface area contributed by atoms with Crippen LogP contribution in [0.2, 0.25) is 0 Å². The third kappa shape index (κ3) is 3.23. The Bertz CT molecular complexity index is 602. The molecule has 2 aromatic rings. The van der Waals surface area contributed by atoms with Gasteiger partial charge < -0.3 is 5.32 Å². The number of hydrogen-bond donors (Lipinski definition) is 1. The van der Waals surface area contributed by atoms with Crippen molar-refractivity contribution in [1.29, 1.82) is 0 Å². The first-order valence-electron chi connectivity index (χ1n) is 7.89. The molecule has 0 saturated carbocycles. The Kier molecular flexibility index (Phi) is 4.18. The molecule has 0 fully saturated rings. The number of nitrogens with one attached hydrogen (secondary N) is 1. The number of nitrogens with zero attached hydrogens (tertiary/aromatic N) is 2. The number of hydrogen-bond acceptors (Lipinski definition) is 3. The van der Waals surface area contributed by atoms with Gasteiger partial charge >= 0.3 is 0 Å². The van der Waals surface area contributed by atoms with Crippen LogP contribution in [0, 0.1) is 0 Å². The number of rotatable bonds is 4. The quantitative estimate of drug-likeness (QED) is 0.917. The van der Waals surface area contributed by atoms with Crippen LogP contribution in [0.25, 0.3) is 0 Å². The van der Waals surface area contributed by atoms with Crippen molar-refractivity contribution >= 4 is 5.82 Å². The molecule has 1 aliphatic carbocycles. The summed E-state index contributed by atoms with van der Waals surface area (Å²) in [6, 6.07) is 8.85. The van der Waals surface area contributed by atoms with E-state index in [1.807, 2.05) is 0 Å². The molecule has 21 heavy (non-hydrogen) atoms. The molecule has 0 amide bonds. The maximum atomic E-state index is 4.43. The van der Waals surface area contributed by atoms with Crippen molar-refractivity contribution in [1.82, 2.24) is 9.97 Å². The summed E-state index contributed by atoms with van der Waals surface area (Å²) in [5.41, 5.74) is 5.23. The van der Waals surface area contributed by atoms with Gasteiger partial charge in [0.2, 0.25) is 0 Å². The van der Waals surface area contributed by atoms with Crippen molar-refractivity contribution in [2.45, 2.75) is 52.0 Å². The standard InChI is InChI=1S/C18H23N3/c1-13(2)15-9-7-14(8-10-15)11-19-18-16-5-3-4-6-17(16)20-12-21-18/h7-10,12-13H,3-6,11H2,1-2H3,(H,19,20,21). The number of aryl methyl sites for hydroxylation is 1. The second-order valence-electron chi connectivity index (χ2n) is 6.10. The lowest BCUT2D eigenvalue weighted by Crippen LogP contribution is -2.12. The van der Waals surface area contributed by atoms with E-state index in [9.17, 15) is 0 Å². The molecule has 3 heteroatoms. The highest BCUT2D eigenvalue weighted by atomic mass is 15.0. The van der Waals surface area contributed by atoms with E-state index < -0.39 is 0 Å². The SMILES string of the molecule is CC(C)c1ccc(CNc2ncnc3c2CCCC3)cc1. The molecule has 1 aromatic heterocycles. The highest BCUT2D eigenvalue weighted by molar-refractivity contribution is 5.47. The Morgan fingerprint density at radius 1 is 1.05 bits per heavy atom. The van der Waals surface area contributed by atoms with Crippen molar-refractivity contribution < 1.29 is 0 Å². The fourth-order valence-corrected chi connectivity index (χ4v) is 2.88. The summed E-state index contributed by atoms with van der Waals surface area (Å²) in [4.78, 5) is 8.85. The molecule has 0 radical (unpaired) electrons. The van der Waals surface area contributed by atoms with Gasteiger partial charge in [0.1, 0.15) is 12.1 Å². The van der Waals surface area contributed by atoms with Crippen LogP contribution in [0.4, 0.5) is 5.82 Å². The Labute approximate surface area is 126 Å². The van der Waals surface area contributed by atoms with Crippen molar-refractivity contribution in [2.75, 3.05) is 5.32 Å². The molecule has 1 aromatic carbocycles. The van der Waals surface area contributed by atoms with E-state index in [0.717, 1.165) is 25.2 Å². The zero-order valence-corrected chi connectivity index (χ0v) is 12.9. The summed E-state index contributed by atoms with van der Waals surface area (Å²) in [5.74, 6) is 1.61. The molecular weight excluding hydrogens is 258 g/mol. The maximum absolute atomic E-state index is 4.43. The summed E-state index contributed by atoms with van der Waals surface area (Å²) >= 11 is 0. The van der Waals surface area contributed by atoms with Crippen LogP contribution in [-0.2, 0) is 19.4 Å². The summed E-state index contributed by atoms with van der Waals surface area (Å²) in [7, 11) is 0. The number of benzene rings is 1. The van der Waals surface area contributed by atoms with Crippen molar-refractivity contribution in [3.05, 3.63) is 53.0 Å². The molecule has 110 valence electrons. The Morgan fingerprint density at radius 3 is 2.57 bits per heavy atom. The maximum Gasteiger partial charge on any atom is 0.133 e. The lowest BCUT2D eigenvalue weighted by atomic mass is 9.96. The molecule has 1 heterocycles. The lowest BCUT2D eigenvalue weighted by molar-refractivity contribution is 0.663. The zero-order chi connectivity index (χ0) is 14.7. The van der Waals surface area contributed by atoms with Crippen LogP contribution >= 0.6 is 0 Å². The van der Waals surface area contributed by atoms with E-state index in [4.69, 9.17) is 0 Å². The average Bonchev–Trinajstić information content (AvgIpc) is 2.53. The van der Waals surface area contributed by atoms with Crippen LogP contribution < -0.4 is 5.32 Å². The van der Waals surface area contributed by atoms with E-state index in [-0.39, 0.29) is 0 Å². The van der Waals surface area contributed by atoms with E-state index >= 15 is 0 Å². The van der Waals surface area contributed by atoms with Crippen LogP contribution in [0.3, 0.4) is 0 Å².